The van der Waals surface area contributed by atoms with E-state index in [1.165, 1.54) is 17.0 Å². The topological polar surface area (TPSA) is 68.3 Å². The largest absolute Gasteiger partial charge is 0.454 e. The van der Waals surface area contributed by atoms with Crippen molar-refractivity contribution in [1.29, 1.82) is 0 Å². The molecule has 2 heterocycles. The molecule has 0 unspecified atom stereocenters. The SMILES string of the molecule is COCCCN(CC(=O)N(Cc1ccc(F)cc1)Cc1sccc1C)C(=O)c1ccc2c(c1)OCO2. The lowest BCUT2D eigenvalue weighted by atomic mass is 10.1. The Hall–Kier alpha value is -3.43. The number of hydrogen-bond acceptors (Lipinski definition) is 6. The first-order chi connectivity index (χ1) is 17.4. The van der Waals surface area contributed by atoms with Crippen molar-refractivity contribution in [2.24, 2.45) is 0 Å². The van der Waals surface area contributed by atoms with E-state index in [4.69, 9.17) is 14.2 Å². The maximum Gasteiger partial charge on any atom is 0.254 e. The molecule has 36 heavy (non-hydrogen) atoms. The Morgan fingerprint density at radius 1 is 1.03 bits per heavy atom. The van der Waals surface area contributed by atoms with Crippen molar-refractivity contribution in [3.8, 4) is 11.5 Å². The van der Waals surface area contributed by atoms with Crippen LogP contribution in [0.25, 0.3) is 0 Å². The second-order valence-electron chi connectivity index (χ2n) is 8.54. The molecule has 0 saturated heterocycles. The fourth-order valence-corrected chi connectivity index (χ4v) is 4.83. The van der Waals surface area contributed by atoms with Gasteiger partial charge >= 0.3 is 0 Å². The van der Waals surface area contributed by atoms with Gasteiger partial charge in [-0.3, -0.25) is 9.59 Å². The van der Waals surface area contributed by atoms with E-state index in [-0.39, 0.29) is 31.0 Å². The number of methoxy groups -OCH3 is 1. The Labute approximate surface area is 214 Å². The normalized spacial score (nSPS) is 12.0. The Kier molecular flexibility index (Phi) is 8.56. The second-order valence-corrected chi connectivity index (χ2v) is 9.54. The molecule has 7 nitrogen and oxygen atoms in total. The number of carbonyl (C=O) groups excluding carboxylic acids is 2. The highest BCUT2D eigenvalue weighted by atomic mass is 32.1. The van der Waals surface area contributed by atoms with Crippen LogP contribution in [0.4, 0.5) is 4.39 Å². The molecule has 190 valence electrons. The standard InChI is InChI=1S/C27H29FN2O5S/c1-19-10-13-36-25(19)16-30(15-20-4-7-22(28)8-5-20)26(31)17-29(11-3-12-33-2)27(32)21-6-9-23-24(14-21)35-18-34-23/h4-10,13-14H,3,11-12,15-18H2,1-2H3. The van der Waals surface area contributed by atoms with Crippen LogP contribution in [-0.2, 0) is 22.6 Å². The van der Waals surface area contributed by atoms with Crippen LogP contribution in [0, 0.1) is 12.7 Å². The molecule has 2 amide bonds. The number of nitrogens with zero attached hydrogens (tertiary/aromatic N) is 2. The Bertz CT molecular complexity index is 1200. The van der Waals surface area contributed by atoms with Crippen molar-refractivity contribution in [3.63, 3.8) is 0 Å². The Balaban J connectivity index is 1.54. The summed E-state index contributed by atoms with van der Waals surface area (Å²) in [6, 6.07) is 13.1. The van der Waals surface area contributed by atoms with Gasteiger partial charge in [0.1, 0.15) is 12.4 Å². The number of halogens is 1. The van der Waals surface area contributed by atoms with Crippen LogP contribution in [0.5, 0.6) is 11.5 Å². The summed E-state index contributed by atoms with van der Waals surface area (Å²) in [7, 11) is 1.60. The third-order valence-electron chi connectivity index (χ3n) is 5.95. The fraction of sp³-hybridized carbons (Fsp3) is 0.333. The lowest BCUT2D eigenvalue weighted by Gasteiger charge is -2.28. The first-order valence-electron chi connectivity index (χ1n) is 11.7. The van der Waals surface area contributed by atoms with E-state index in [0.29, 0.717) is 49.7 Å². The van der Waals surface area contributed by atoms with Crippen LogP contribution >= 0.6 is 11.3 Å². The van der Waals surface area contributed by atoms with Gasteiger partial charge in [-0.25, -0.2) is 4.39 Å². The molecule has 0 bridgehead atoms. The lowest BCUT2D eigenvalue weighted by Crippen LogP contribution is -2.43. The van der Waals surface area contributed by atoms with Gasteiger partial charge in [-0.1, -0.05) is 12.1 Å². The smallest absolute Gasteiger partial charge is 0.254 e. The minimum Gasteiger partial charge on any atom is -0.454 e. The maximum absolute atomic E-state index is 13.6. The summed E-state index contributed by atoms with van der Waals surface area (Å²) in [5.41, 5.74) is 2.33. The molecule has 3 aromatic rings. The molecule has 0 saturated carbocycles. The Morgan fingerprint density at radius 3 is 2.53 bits per heavy atom. The zero-order valence-corrected chi connectivity index (χ0v) is 21.2. The average Bonchev–Trinajstić information content (AvgIpc) is 3.52. The summed E-state index contributed by atoms with van der Waals surface area (Å²) in [6.07, 6.45) is 0.585. The van der Waals surface area contributed by atoms with Gasteiger partial charge in [-0.05, 0) is 66.2 Å². The summed E-state index contributed by atoms with van der Waals surface area (Å²) in [5.74, 6) is 0.301. The van der Waals surface area contributed by atoms with E-state index < -0.39 is 0 Å². The van der Waals surface area contributed by atoms with Crippen molar-refractivity contribution in [2.75, 3.05) is 33.6 Å². The predicted octanol–water partition coefficient (Wildman–Crippen LogP) is 4.63. The highest BCUT2D eigenvalue weighted by molar-refractivity contribution is 7.10. The maximum atomic E-state index is 13.6. The minimum absolute atomic E-state index is 0.0946. The van der Waals surface area contributed by atoms with E-state index in [1.54, 1.807) is 53.7 Å². The summed E-state index contributed by atoms with van der Waals surface area (Å²) < 4.78 is 29.4. The van der Waals surface area contributed by atoms with E-state index in [9.17, 15) is 14.0 Å². The number of benzene rings is 2. The number of hydrogen-bond donors (Lipinski definition) is 0. The highest BCUT2D eigenvalue weighted by Crippen LogP contribution is 2.33. The van der Waals surface area contributed by atoms with Crippen molar-refractivity contribution in [2.45, 2.75) is 26.4 Å². The summed E-state index contributed by atoms with van der Waals surface area (Å²) in [5, 5.41) is 1.99. The summed E-state index contributed by atoms with van der Waals surface area (Å²) in [6.45, 7) is 3.56. The molecule has 1 aromatic heterocycles. The van der Waals surface area contributed by atoms with Gasteiger partial charge in [-0.15, -0.1) is 11.3 Å². The number of ether oxygens (including phenoxy) is 3. The molecule has 0 fully saturated rings. The lowest BCUT2D eigenvalue weighted by molar-refractivity contribution is -0.133. The predicted molar refractivity (Wildman–Crippen MR) is 135 cm³/mol. The van der Waals surface area contributed by atoms with Crippen LogP contribution in [0.1, 0.15) is 32.8 Å². The zero-order chi connectivity index (χ0) is 25.5. The van der Waals surface area contributed by atoms with Crippen molar-refractivity contribution < 1.29 is 28.2 Å². The van der Waals surface area contributed by atoms with Gasteiger partial charge < -0.3 is 24.0 Å². The third kappa shape index (κ3) is 6.41. The van der Waals surface area contributed by atoms with E-state index in [1.807, 2.05) is 18.4 Å². The molecule has 4 rings (SSSR count). The molecule has 0 aliphatic carbocycles. The van der Waals surface area contributed by atoms with Crippen molar-refractivity contribution >= 4 is 23.2 Å². The molecule has 0 spiro atoms. The minimum atomic E-state index is -0.329. The van der Waals surface area contributed by atoms with Crippen LogP contribution in [0.15, 0.2) is 53.9 Å². The van der Waals surface area contributed by atoms with Gasteiger partial charge in [0, 0.05) is 37.2 Å². The fourth-order valence-electron chi connectivity index (χ4n) is 3.91. The molecule has 0 N–H and O–H groups in total. The van der Waals surface area contributed by atoms with E-state index in [2.05, 4.69) is 0 Å². The average molecular weight is 513 g/mol. The monoisotopic (exact) mass is 512 g/mol. The van der Waals surface area contributed by atoms with Crippen molar-refractivity contribution in [3.05, 3.63) is 81.3 Å². The van der Waals surface area contributed by atoms with Crippen LogP contribution < -0.4 is 9.47 Å². The molecule has 9 heteroatoms. The molecular formula is C27H29FN2O5S. The number of carbonyl (C=O) groups is 2. The van der Waals surface area contributed by atoms with E-state index in [0.717, 1.165) is 16.0 Å². The quantitative estimate of drug-likeness (QED) is 0.351. The van der Waals surface area contributed by atoms with Crippen molar-refractivity contribution in [1.82, 2.24) is 9.80 Å². The molecular weight excluding hydrogens is 483 g/mol. The van der Waals surface area contributed by atoms with Gasteiger partial charge in [0.2, 0.25) is 12.7 Å². The highest BCUT2D eigenvalue weighted by Gasteiger charge is 2.25. The molecule has 0 radical (unpaired) electrons. The molecule has 1 aliphatic rings. The van der Waals surface area contributed by atoms with E-state index >= 15 is 0 Å². The number of aryl methyl sites for hydroxylation is 1. The number of amides is 2. The van der Waals surface area contributed by atoms with Gasteiger partial charge in [0.15, 0.2) is 11.5 Å². The van der Waals surface area contributed by atoms with Crippen LogP contribution in [-0.4, -0.2) is 55.2 Å². The van der Waals surface area contributed by atoms with Gasteiger partial charge in [-0.2, -0.15) is 0 Å². The first kappa shape index (κ1) is 25.7. The molecule has 2 aromatic carbocycles. The van der Waals surface area contributed by atoms with Crippen LogP contribution in [0.2, 0.25) is 0 Å². The number of fused-ring (bicyclic) bond motifs is 1. The third-order valence-corrected chi connectivity index (χ3v) is 6.96. The second kappa shape index (κ2) is 12.0. The van der Waals surface area contributed by atoms with Gasteiger partial charge in [0.25, 0.3) is 5.91 Å². The summed E-state index contributed by atoms with van der Waals surface area (Å²) >= 11 is 1.58. The molecule has 0 atom stereocenters. The van der Waals surface area contributed by atoms with Crippen LogP contribution in [0.3, 0.4) is 0 Å². The van der Waals surface area contributed by atoms with Gasteiger partial charge in [0.05, 0.1) is 6.54 Å². The number of thiophene rings is 1. The Morgan fingerprint density at radius 2 is 1.81 bits per heavy atom. The molecule has 1 aliphatic heterocycles. The summed E-state index contributed by atoms with van der Waals surface area (Å²) in [4.78, 5) is 31.4. The first-order valence-corrected chi connectivity index (χ1v) is 12.6. The number of rotatable bonds is 11. The zero-order valence-electron chi connectivity index (χ0n) is 20.4.